The molecule has 0 radical (unpaired) electrons. The van der Waals surface area contributed by atoms with Crippen LogP contribution in [0.25, 0.3) is 0 Å². The monoisotopic (exact) mass is 400 g/mol. The van der Waals surface area contributed by atoms with E-state index in [0.29, 0.717) is 21.8 Å². The molecular weight excluding hydrogens is 392 g/mol. The van der Waals surface area contributed by atoms with E-state index in [4.69, 9.17) is 11.6 Å². The van der Waals surface area contributed by atoms with Gasteiger partial charge in [0.05, 0.1) is 13.8 Å². The summed E-state index contributed by atoms with van der Waals surface area (Å²) in [6.45, 7) is 2.23. The van der Waals surface area contributed by atoms with Crippen molar-refractivity contribution < 1.29 is 8.42 Å². The van der Waals surface area contributed by atoms with Crippen molar-refractivity contribution in [1.29, 1.82) is 0 Å². The van der Waals surface area contributed by atoms with E-state index >= 15 is 0 Å². The summed E-state index contributed by atoms with van der Waals surface area (Å²) >= 11 is 11.7. The van der Waals surface area contributed by atoms with Gasteiger partial charge in [-0.1, -0.05) is 11.6 Å². The van der Waals surface area contributed by atoms with Gasteiger partial charge in [0.2, 0.25) is 10.0 Å². The zero-order chi connectivity index (χ0) is 14.0. The van der Waals surface area contributed by atoms with Crippen molar-refractivity contribution in [2.45, 2.75) is 17.6 Å². The molecule has 2 rings (SSSR count). The molecule has 104 valence electrons. The van der Waals surface area contributed by atoms with Crippen LogP contribution in [0.15, 0.2) is 19.4 Å². The smallest absolute Gasteiger partial charge is 0.247 e. The van der Waals surface area contributed by atoms with Gasteiger partial charge in [-0.15, -0.1) is 22.7 Å². The highest BCUT2D eigenvalue weighted by Crippen LogP contribution is 2.34. The van der Waals surface area contributed by atoms with Gasteiger partial charge in [-0.2, -0.15) is 0 Å². The molecule has 0 amide bonds. The number of sulfonamides is 1. The number of nitrogens with one attached hydrogen (secondary N) is 1. The Hall–Kier alpha value is 0.01000. The van der Waals surface area contributed by atoms with Crippen LogP contribution in [-0.4, -0.2) is 19.9 Å². The van der Waals surface area contributed by atoms with Crippen LogP contribution in [0.5, 0.6) is 0 Å². The van der Waals surface area contributed by atoms with E-state index in [1.807, 2.05) is 12.3 Å². The number of thiazole rings is 1. The van der Waals surface area contributed by atoms with Crippen LogP contribution >= 0.6 is 50.2 Å². The Kier molecular flexibility index (Phi) is 5.02. The van der Waals surface area contributed by atoms with E-state index in [1.165, 1.54) is 17.4 Å². The minimum absolute atomic E-state index is 0.208. The topological polar surface area (TPSA) is 59.1 Å². The number of aromatic nitrogens is 1. The fraction of sp³-hybridized carbons (Fsp3) is 0.300. The predicted molar refractivity (Wildman–Crippen MR) is 82.8 cm³/mol. The number of nitrogens with zero attached hydrogens (tertiary/aromatic N) is 1. The molecule has 0 aliphatic carbocycles. The maximum atomic E-state index is 12.0. The van der Waals surface area contributed by atoms with Crippen LogP contribution in [-0.2, 0) is 16.4 Å². The van der Waals surface area contributed by atoms with Crippen molar-refractivity contribution in [3.8, 4) is 0 Å². The summed E-state index contributed by atoms with van der Waals surface area (Å²) in [5.74, 6) is 0. The zero-order valence-corrected chi connectivity index (χ0v) is 14.6. The van der Waals surface area contributed by atoms with Gasteiger partial charge in [0.15, 0.2) is 0 Å². The lowest BCUT2D eigenvalue weighted by Crippen LogP contribution is -2.25. The van der Waals surface area contributed by atoms with Gasteiger partial charge in [-0.05, 0) is 28.9 Å². The molecule has 0 saturated carbocycles. The van der Waals surface area contributed by atoms with E-state index in [1.54, 1.807) is 0 Å². The molecule has 19 heavy (non-hydrogen) atoms. The summed E-state index contributed by atoms with van der Waals surface area (Å²) in [4.78, 5) is 4.28. The van der Waals surface area contributed by atoms with Crippen LogP contribution in [0.1, 0.15) is 10.7 Å². The Balaban J connectivity index is 1.98. The first-order chi connectivity index (χ1) is 8.88. The molecule has 0 atom stereocenters. The summed E-state index contributed by atoms with van der Waals surface area (Å²) in [6, 6.07) is 1.44. The third-order valence-electron chi connectivity index (χ3n) is 2.18. The normalized spacial score (nSPS) is 11.9. The zero-order valence-electron chi connectivity index (χ0n) is 9.81. The highest BCUT2D eigenvalue weighted by Gasteiger charge is 2.18. The number of hydrogen-bond donors (Lipinski definition) is 1. The van der Waals surface area contributed by atoms with Crippen LogP contribution < -0.4 is 4.72 Å². The Bertz CT molecular complexity index is 661. The van der Waals surface area contributed by atoms with Gasteiger partial charge >= 0.3 is 0 Å². The van der Waals surface area contributed by atoms with Crippen molar-refractivity contribution in [2.24, 2.45) is 0 Å². The lowest BCUT2D eigenvalue weighted by molar-refractivity contribution is 0.583. The van der Waals surface area contributed by atoms with E-state index in [-0.39, 0.29) is 4.21 Å². The van der Waals surface area contributed by atoms with Gasteiger partial charge in [0.1, 0.15) is 4.21 Å². The number of halogens is 2. The van der Waals surface area contributed by atoms with Crippen LogP contribution in [0, 0.1) is 6.92 Å². The maximum Gasteiger partial charge on any atom is 0.250 e. The van der Waals surface area contributed by atoms with Crippen molar-refractivity contribution in [3.05, 3.63) is 31.0 Å². The Morgan fingerprint density at radius 2 is 2.26 bits per heavy atom. The molecular formula is C10H10BrClN2O2S3. The molecule has 2 aromatic rings. The first-order valence-electron chi connectivity index (χ1n) is 5.24. The second-order valence-corrected chi connectivity index (χ2v) is 9.43. The molecule has 0 spiro atoms. The van der Waals surface area contributed by atoms with Gasteiger partial charge < -0.3 is 0 Å². The largest absolute Gasteiger partial charge is 0.250 e. The molecule has 4 nitrogen and oxygen atoms in total. The Morgan fingerprint density at radius 3 is 2.79 bits per heavy atom. The van der Waals surface area contributed by atoms with Crippen molar-refractivity contribution >= 4 is 60.2 Å². The minimum atomic E-state index is -3.49. The molecule has 0 fully saturated rings. The number of thiophene rings is 1. The van der Waals surface area contributed by atoms with Gasteiger partial charge in [0, 0.05) is 24.0 Å². The molecule has 0 aliphatic rings. The van der Waals surface area contributed by atoms with E-state index in [0.717, 1.165) is 22.0 Å². The molecule has 0 saturated heterocycles. The maximum absolute atomic E-state index is 12.0. The van der Waals surface area contributed by atoms with Gasteiger partial charge in [0.25, 0.3) is 0 Å². The third kappa shape index (κ3) is 3.99. The predicted octanol–water partition coefficient (Wildman–Crippen LogP) is 3.45. The van der Waals surface area contributed by atoms with Crippen LogP contribution in [0.3, 0.4) is 0 Å². The van der Waals surface area contributed by atoms with Gasteiger partial charge in [-0.25, -0.2) is 18.1 Å². The average molecular weight is 402 g/mol. The molecule has 2 aromatic heterocycles. The first-order valence-corrected chi connectivity index (χ1v) is 9.59. The quantitative estimate of drug-likeness (QED) is 0.835. The minimum Gasteiger partial charge on any atom is -0.247 e. The second kappa shape index (κ2) is 6.19. The Labute approximate surface area is 133 Å². The highest BCUT2D eigenvalue weighted by molar-refractivity contribution is 9.11. The lowest BCUT2D eigenvalue weighted by atomic mass is 10.4. The molecule has 2 heterocycles. The molecule has 1 N–H and O–H groups in total. The summed E-state index contributed by atoms with van der Waals surface area (Å²) in [6.07, 6.45) is 0.581. The fourth-order valence-electron chi connectivity index (χ4n) is 1.34. The average Bonchev–Trinajstić information content (AvgIpc) is 2.87. The molecule has 0 aliphatic heterocycles. The second-order valence-electron chi connectivity index (χ2n) is 3.72. The van der Waals surface area contributed by atoms with E-state index in [9.17, 15) is 8.42 Å². The number of aryl methyl sites for hydroxylation is 1. The summed E-state index contributed by atoms with van der Waals surface area (Å²) < 4.78 is 27.4. The van der Waals surface area contributed by atoms with Crippen molar-refractivity contribution in [2.75, 3.05) is 6.54 Å². The molecule has 0 unspecified atom stereocenters. The number of rotatable bonds is 5. The van der Waals surface area contributed by atoms with Crippen molar-refractivity contribution in [1.82, 2.24) is 9.71 Å². The standard InChI is InChI=1S/C10H10BrClN2O2S3/c1-6-5-17-8(14-6)2-3-13-19(15,16)9-4-7(12)10(11)18-9/h4-5,13H,2-3H2,1H3. The molecule has 0 bridgehead atoms. The molecule has 0 aromatic carbocycles. The Morgan fingerprint density at radius 1 is 1.53 bits per heavy atom. The summed E-state index contributed by atoms with van der Waals surface area (Å²) in [5, 5.41) is 3.27. The summed E-state index contributed by atoms with van der Waals surface area (Å²) in [7, 11) is -3.49. The van der Waals surface area contributed by atoms with Gasteiger partial charge in [-0.3, -0.25) is 0 Å². The van der Waals surface area contributed by atoms with Crippen LogP contribution in [0.2, 0.25) is 5.02 Å². The highest BCUT2D eigenvalue weighted by atomic mass is 79.9. The fourth-order valence-corrected chi connectivity index (χ4v) is 5.59. The lowest BCUT2D eigenvalue weighted by Gasteiger charge is -2.02. The van der Waals surface area contributed by atoms with E-state index in [2.05, 4.69) is 25.6 Å². The molecule has 9 heteroatoms. The van der Waals surface area contributed by atoms with Crippen LogP contribution in [0.4, 0.5) is 0 Å². The number of hydrogen-bond acceptors (Lipinski definition) is 5. The van der Waals surface area contributed by atoms with Crippen molar-refractivity contribution in [3.63, 3.8) is 0 Å². The van der Waals surface area contributed by atoms with E-state index < -0.39 is 10.0 Å². The first kappa shape index (κ1) is 15.4. The third-order valence-corrected chi connectivity index (χ3v) is 7.62. The SMILES string of the molecule is Cc1csc(CCNS(=O)(=O)c2cc(Cl)c(Br)s2)n1. The summed E-state index contributed by atoms with van der Waals surface area (Å²) in [5.41, 5.74) is 0.955.